The number of hydrogen-bond donors (Lipinski definition) is 2. The highest BCUT2D eigenvalue weighted by molar-refractivity contribution is 7.07. The first kappa shape index (κ1) is 20.9. The minimum Gasteiger partial charge on any atom is -0.384 e. The van der Waals surface area contributed by atoms with Gasteiger partial charge in [-0.05, 0) is 41.5 Å². The Balaban J connectivity index is 2.07. The van der Waals surface area contributed by atoms with E-state index >= 15 is 0 Å². The van der Waals surface area contributed by atoms with Crippen LogP contribution < -0.4 is 26.2 Å². The van der Waals surface area contributed by atoms with Crippen molar-refractivity contribution in [1.29, 1.82) is 5.26 Å². The molecule has 1 aliphatic heterocycles. The van der Waals surface area contributed by atoms with E-state index in [2.05, 4.69) is 0 Å². The molecule has 1 unspecified atom stereocenters. The SMILES string of the molecule is N#CC1=C(N)n2c(s/c(=C\c3ccc(Cl)cc3)c2=O)=C(C(N)=O)C1c1ccc(Cl)cc1. The summed E-state index contributed by atoms with van der Waals surface area (Å²) in [7, 11) is 0. The summed E-state index contributed by atoms with van der Waals surface area (Å²) in [6.07, 6.45) is 1.67. The fourth-order valence-electron chi connectivity index (χ4n) is 3.49. The van der Waals surface area contributed by atoms with Crippen molar-refractivity contribution in [1.82, 2.24) is 4.57 Å². The Hall–Kier alpha value is -3.31. The largest absolute Gasteiger partial charge is 0.384 e. The molecule has 1 aliphatic rings. The number of halogens is 2. The zero-order valence-corrected chi connectivity index (χ0v) is 18.1. The molecule has 1 atom stereocenters. The van der Waals surface area contributed by atoms with Gasteiger partial charge in [0.25, 0.3) is 5.56 Å². The summed E-state index contributed by atoms with van der Waals surface area (Å²) in [5.74, 6) is -1.58. The topological polar surface area (TPSA) is 115 Å². The first-order chi connectivity index (χ1) is 14.8. The summed E-state index contributed by atoms with van der Waals surface area (Å²) >= 11 is 13.0. The third kappa shape index (κ3) is 3.66. The van der Waals surface area contributed by atoms with E-state index in [1.807, 2.05) is 6.07 Å². The second-order valence-electron chi connectivity index (χ2n) is 6.78. The number of aromatic nitrogens is 1. The van der Waals surface area contributed by atoms with Gasteiger partial charge in [-0.3, -0.25) is 14.2 Å². The molecule has 0 aliphatic carbocycles. The maximum atomic E-state index is 13.1. The minimum absolute atomic E-state index is 0.0283. The van der Waals surface area contributed by atoms with Gasteiger partial charge in [-0.15, -0.1) is 11.3 Å². The number of benzene rings is 2. The van der Waals surface area contributed by atoms with Crippen molar-refractivity contribution in [3.05, 3.63) is 94.8 Å². The summed E-state index contributed by atoms with van der Waals surface area (Å²) in [6.45, 7) is 0. The van der Waals surface area contributed by atoms with Crippen LogP contribution in [-0.4, -0.2) is 10.5 Å². The first-order valence-electron chi connectivity index (χ1n) is 9.00. The van der Waals surface area contributed by atoms with Crippen molar-refractivity contribution in [3.8, 4) is 6.07 Å². The standard InChI is InChI=1S/C22H14Cl2N4O2S/c23-13-5-1-11(2-6-13)9-16-21(30)28-19(26)15(10-25)17(12-3-7-14(24)8-4-12)18(20(27)29)22(28)31-16/h1-9,17H,26H2,(H2,27,29)/b16-9-. The number of nitriles is 1. The van der Waals surface area contributed by atoms with E-state index < -0.39 is 17.4 Å². The van der Waals surface area contributed by atoms with Crippen LogP contribution in [0, 0.1) is 11.3 Å². The molecule has 1 aromatic heterocycles. The highest BCUT2D eigenvalue weighted by Gasteiger charge is 2.34. The summed E-state index contributed by atoms with van der Waals surface area (Å²) in [6, 6.07) is 15.7. The highest BCUT2D eigenvalue weighted by atomic mass is 35.5. The molecule has 1 amide bonds. The van der Waals surface area contributed by atoms with Gasteiger partial charge in [-0.25, -0.2) is 0 Å². The van der Waals surface area contributed by atoms with Gasteiger partial charge < -0.3 is 11.5 Å². The Morgan fingerprint density at radius 2 is 1.68 bits per heavy atom. The number of nitrogens with two attached hydrogens (primary N) is 2. The second kappa shape index (κ2) is 8.08. The van der Waals surface area contributed by atoms with Crippen LogP contribution in [0.5, 0.6) is 0 Å². The number of rotatable bonds is 3. The van der Waals surface area contributed by atoms with Crippen molar-refractivity contribution in [2.24, 2.45) is 11.5 Å². The minimum atomic E-state index is -0.804. The number of allylic oxidation sites excluding steroid dienone is 1. The van der Waals surface area contributed by atoms with Crippen LogP contribution in [-0.2, 0) is 4.79 Å². The predicted octanol–water partition coefficient (Wildman–Crippen LogP) is 2.13. The molecule has 3 aromatic rings. The molecule has 9 heteroatoms. The molecule has 0 spiro atoms. The quantitative estimate of drug-likeness (QED) is 0.612. The average Bonchev–Trinajstić information content (AvgIpc) is 3.06. The number of amides is 1. The number of carbonyl (C=O) groups is 1. The van der Waals surface area contributed by atoms with Crippen LogP contribution in [0.2, 0.25) is 10.0 Å². The van der Waals surface area contributed by atoms with E-state index in [4.69, 9.17) is 34.7 Å². The Bertz CT molecular complexity index is 1460. The van der Waals surface area contributed by atoms with Gasteiger partial charge >= 0.3 is 0 Å². The molecule has 0 bridgehead atoms. The van der Waals surface area contributed by atoms with Crippen LogP contribution in [0.3, 0.4) is 0 Å². The van der Waals surface area contributed by atoms with E-state index in [9.17, 15) is 14.9 Å². The van der Waals surface area contributed by atoms with E-state index in [1.54, 1.807) is 54.6 Å². The molecule has 6 nitrogen and oxygen atoms in total. The van der Waals surface area contributed by atoms with Crippen LogP contribution in [0.4, 0.5) is 0 Å². The predicted molar refractivity (Wildman–Crippen MR) is 123 cm³/mol. The molecule has 4 N–H and O–H groups in total. The molecule has 0 fully saturated rings. The number of fused-ring (bicyclic) bond motifs is 1. The summed E-state index contributed by atoms with van der Waals surface area (Å²) < 4.78 is 1.82. The normalized spacial score (nSPS) is 16.2. The number of carbonyl (C=O) groups excluding carboxylic acids is 1. The van der Waals surface area contributed by atoms with Crippen molar-refractivity contribution in [2.45, 2.75) is 5.92 Å². The number of nitrogens with zero attached hydrogens (tertiary/aromatic N) is 2. The maximum Gasteiger partial charge on any atom is 0.274 e. The van der Waals surface area contributed by atoms with E-state index in [1.165, 1.54) is 4.57 Å². The Morgan fingerprint density at radius 1 is 1.10 bits per heavy atom. The summed E-state index contributed by atoms with van der Waals surface area (Å²) in [4.78, 5) is 25.6. The average molecular weight is 469 g/mol. The lowest BCUT2D eigenvalue weighted by molar-refractivity contribution is -0.113. The molecule has 0 radical (unpaired) electrons. The molecule has 154 valence electrons. The van der Waals surface area contributed by atoms with Gasteiger partial charge in [0, 0.05) is 10.0 Å². The molecule has 0 saturated heterocycles. The fraction of sp³-hybridized carbons (Fsp3) is 0.0455. The van der Waals surface area contributed by atoms with Gasteiger partial charge in [0.15, 0.2) is 0 Å². The third-order valence-corrected chi connectivity index (χ3v) is 6.52. The van der Waals surface area contributed by atoms with Crippen LogP contribution in [0.1, 0.15) is 17.0 Å². The number of thiazole rings is 1. The molecule has 2 heterocycles. The number of hydrogen-bond acceptors (Lipinski definition) is 5. The second-order valence-corrected chi connectivity index (χ2v) is 8.68. The highest BCUT2D eigenvalue weighted by Crippen LogP contribution is 2.36. The zero-order valence-electron chi connectivity index (χ0n) is 15.8. The maximum absolute atomic E-state index is 13.1. The monoisotopic (exact) mass is 468 g/mol. The smallest absolute Gasteiger partial charge is 0.274 e. The molecular formula is C22H14Cl2N4O2S. The third-order valence-electron chi connectivity index (χ3n) is 4.91. The molecular weight excluding hydrogens is 455 g/mol. The molecule has 4 rings (SSSR count). The van der Waals surface area contributed by atoms with E-state index in [0.717, 1.165) is 16.9 Å². The summed E-state index contributed by atoms with van der Waals surface area (Å²) in [5, 5.41) is 10.9. The van der Waals surface area contributed by atoms with Gasteiger partial charge in [-0.1, -0.05) is 47.5 Å². The van der Waals surface area contributed by atoms with Gasteiger partial charge in [0.1, 0.15) is 10.5 Å². The lowest BCUT2D eigenvalue weighted by atomic mass is 9.83. The van der Waals surface area contributed by atoms with Crippen molar-refractivity contribution < 1.29 is 4.79 Å². The van der Waals surface area contributed by atoms with Gasteiger partial charge in [-0.2, -0.15) is 5.26 Å². The van der Waals surface area contributed by atoms with E-state index in [0.29, 0.717) is 24.8 Å². The van der Waals surface area contributed by atoms with Crippen molar-refractivity contribution in [2.75, 3.05) is 0 Å². The Morgan fingerprint density at radius 3 is 2.23 bits per heavy atom. The van der Waals surface area contributed by atoms with Gasteiger partial charge in [0.2, 0.25) is 5.91 Å². The number of primary amides is 1. The summed E-state index contributed by atoms with van der Waals surface area (Å²) in [5.41, 5.74) is 13.1. The lowest BCUT2D eigenvalue weighted by Crippen LogP contribution is -2.41. The fourth-order valence-corrected chi connectivity index (χ4v) is 4.92. The Kier molecular flexibility index (Phi) is 5.46. The van der Waals surface area contributed by atoms with Crippen LogP contribution in [0.15, 0.2) is 58.9 Å². The zero-order chi connectivity index (χ0) is 22.3. The Labute approximate surface area is 190 Å². The molecule has 2 aromatic carbocycles. The van der Waals surface area contributed by atoms with Gasteiger partial charge in [0.05, 0.1) is 27.7 Å². The van der Waals surface area contributed by atoms with Crippen molar-refractivity contribution >= 4 is 57.9 Å². The molecule has 31 heavy (non-hydrogen) atoms. The van der Waals surface area contributed by atoms with E-state index in [-0.39, 0.29) is 17.0 Å². The lowest BCUT2D eigenvalue weighted by Gasteiger charge is -2.24. The van der Waals surface area contributed by atoms with Crippen LogP contribution in [0.25, 0.3) is 17.5 Å². The molecule has 0 saturated carbocycles. The first-order valence-corrected chi connectivity index (χ1v) is 10.6. The van der Waals surface area contributed by atoms with Crippen molar-refractivity contribution in [3.63, 3.8) is 0 Å². The van der Waals surface area contributed by atoms with Crippen LogP contribution >= 0.6 is 34.5 Å².